The number of aryl methyl sites for hydroxylation is 3. The van der Waals surface area contributed by atoms with E-state index in [1.54, 1.807) is 0 Å². The van der Waals surface area contributed by atoms with Gasteiger partial charge < -0.3 is 10.1 Å². The van der Waals surface area contributed by atoms with Gasteiger partial charge in [0, 0.05) is 23.5 Å². The fourth-order valence-electron chi connectivity index (χ4n) is 2.32. The lowest BCUT2D eigenvalue weighted by Gasteiger charge is -2.04. The monoisotopic (exact) mass is 229 g/mol. The molecule has 0 aliphatic carbocycles. The second-order valence-corrected chi connectivity index (χ2v) is 4.68. The Balaban J connectivity index is 2.29. The van der Waals surface area contributed by atoms with Gasteiger partial charge in [0.1, 0.15) is 0 Å². The second kappa shape index (κ2) is 4.66. The molecule has 90 valence electrons. The lowest BCUT2D eigenvalue weighted by molar-refractivity contribution is 0.387. The van der Waals surface area contributed by atoms with E-state index < -0.39 is 0 Å². The van der Waals surface area contributed by atoms with E-state index in [0.29, 0.717) is 6.42 Å². The van der Waals surface area contributed by atoms with Crippen molar-refractivity contribution < 1.29 is 5.11 Å². The number of H-pyrrole nitrogens is 1. The smallest absolute Gasteiger partial charge is 0.0851 e. The van der Waals surface area contributed by atoms with E-state index in [1.807, 2.05) is 0 Å². The predicted molar refractivity (Wildman–Crippen MR) is 72.5 cm³/mol. The second-order valence-electron chi connectivity index (χ2n) is 4.68. The Labute approximate surface area is 102 Å². The highest BCUT2D eigenvalue weighted by Crippen LogP contribution is 2.26. The van der Waals surface area contributed by atoms with Crippen LogP contribution in [0.3, 0.4) is 0 Å². The molecule has 0 amide bonds. The lowest BCUT2D eigenvalue weighted by atomic mass is 10.0. The van der Waals surface area contributed by atoms with Crippen LogP contribution in [0, 0.1) is 13.8 Å². The summed E-state index contributed by atoms with van der Waals surface area (Å²) in [6, 6.07) is 4.31. The zero-order valence-electron chi connectivity index (χ0n) is 10.5. The Bertz CT molecular complexity index is 551. The average molecular weight is 229 g/mol. The number of hydrogen-bond donors (Lipinski definition) is 2. The first-order valence-electron chi connectivity index (χ1n) is 6.02. The van der Waals surface area contributed by atoms with Crippen molar-refractivity contribution in [1.82, 2.24) is 4.98 Å². The van der Waals surface area contributed by atoms with Gasteiger partial charge in [-0.1, -0.05) is 18.7 Å². The molecule has 0 spiro atoms. The van der Waals surface area contributed by atoms with Gasteiger partial charge in [-0.3, -0.25) is 0 Å². The van der Waals surface area contributed by atoms with Gasteiger partial charge in [-0.2, -0.15) is 0 Å². The minimum atomic E-state index is 0.276. The number of fused-ring (bicyclic) bond motifs is 1. The largest absolute Gasteiger partial charge is 0.513 e. The Hall–Kier alpha value is -1.70. The summed E-state index contributed by atoms with van der Waals surface area (Å²) >= 11 is 0. The highest BCUT2D eigenvalue weighted by Gasteiger charge is 2.08. The molecular weight excluding hydrogens is 210 g/mol. The normalized spacial score (nSPS) is 10.9. The molecular formula is C15H19NO. The summed E-state index contributed by atoms with van der Waals surface area (Å²) in [5.74, 6) is 0.276. The minimum absolute atomic E-state index is 0.276. The standard InChI is InChI=1S/C15H19NO/c1-10-7-8-11(2)15-14(10)13(9-16-15)6-4-5-12(3)17/h7-9,16-17H,3-6H2,1-2H3. The van der Waals surface area contributed by atoms with Crippen LogP contribution in [0.25, 0.3) is 10.9 Å². The fraction of sp³-hybridized carbons (Fsp3) is 0.333. The number of hydrogen-bond acceptors (Lipinski definition) is 1. The lowest BCUT2D eigenvalue weighted by Crippen LogP contribution is -1.88. The van der Waals surface area contributed by atoms with Crippen molar-refractivity contribution in [3.63, 3.8) is 0 Å². The molecule has 0 saturated carbocycles. The van der Waals surface area contributed by atoms with Crippen molar-refractivity contribution in [3.8, 4) is 0 Å². The molecule has 0 aliphatic heterocycles. The summed E-state index contributed by atoms with van der Waals surface area (Å²) in [7, 11) is 0. The van der Waals surface area contributed by atoms with E-state index in [-0.39, 0.29) is 5.76 Å². The SMILES string of the molecule is C=C(O)CCCc1c[nH]c2c(C)ccc(C)c12. The van der Waals surface area contributed by atoms with Gasteiger partial charge in [0.2, 0.25) is 0 Å². The maximum absolute atomic E-state index is 9.09. The van der Waals surface area contributed by atoms with E-state index in [2.05, 4.69) is 43.7 Å². The van der Waals surface area contributed by atoms with Gasteiger partial charge in [-0.05, 0) is 43.4 Å². The number of allylic oxidation sites excluding steroid dienone is 1. The number of benzene rings is 1. The zero-order chi connectivity index (χ0) is 12.4. The highest BCUT2D eigenvalue weighted by molar-refractivity contribution is 5.88. The minimum Gasteiger partial charge on any atom is -0.513 e. The molecule has 17 heavy (non-hydrogen) atoms. The van der Waals surface area contributed by atoms with Crippen molar-refractivity contribution >= 4 is 10.9 Å². The number of rotatable bonds is 4. The number of aromatic nitrogens is 1. The third kappa shape index (κ3) is 2.36. The van der Waals surface area contributed by atoms with Gasteiger partial charge in [-0.25, -0.2) is 0 Å². The van der Waals surface area contributed by atoms with Crippen LogP contribution in [0.1, 0.15) is 29.5 Å². The summed E-state index contributed by atoms with van der Waals surface area (Å²) in [5, 5.41) is 10.4. The zero-order valence-corrected chi connectivity index (χ0v) is 10.5. The fourth-order valence-corrected chi connectivity index (χ4v) is 2.32. The average Bonchev–Trinajstić information content (AvgIpc) is 2.68. The Morgan fingerprint density at radius 2 is 2.00 bits per heavy atom. The third-order valence-corrected chi connectivity index (χ3v) is 3.25. The number of aliphatic hydroxyl groups excluding tert-OH is 1. The van der Waals surface area contributed by atoms with Crippen LogP contribution < -0.4 is 0 Å². The molecule has 2 aromatic rings. The Morgan fingerprint density at radius 3 is 2.71 bits per heavy atom. The van der Waals surface area contributed by atoms with Gasteiger partial charge in [0.15, 0.2) is 0 Å². The quantitative estimate of drug-likeness (QED) is 0.758. The molecule has 0 atom stereocenters. The van der Waals surface area contributed by atoms with Crippen LogP contribution in [-0.2, 0) is 6.42 Å². The molecule has 0 fully saturated rings. The first-order chi connectivity index (χ1) is 8.09. The Kier molecular flexibility index (Phi) is 3.23. The predicted octanol–water partition coefficient (Wildman–Crippen LogP) is 4.18. The van der Waals surface area contributed by atoms with Crippen LogP contribution in [0.4, 0.5) is 0 Å². The number of nitrogens with one attached hydrogen (secondary N) is 1. The van der Waals surface area contributed by atoms with Crippen LogP contribution in [0.15, 0.2) is 30.7 Å². The van der Waals surface area contributed by atoms with Crippen molar-refractivity contribution in [2.45, 2.75) is 33.1 Å². The maximum atomic E-state index is 9.09. The number of aromatic amines is 1. The van der Waals surface area contributed by atoms with Crippen LogP contribution in [0.2, 0.25) is 0 Å². The summed E-state index contributed by atoms with van der Waals surface area (Å²) in [5.41, 5.74) is 5.17. The third-order valence-electron chi connectivity index (χ3n) is 3.25. The van der Waals surface area contributed by atoms with Crippen LogP contribution in [-0.4, -0.2) is 10.1 Å². The maximum Gasteiger partial charge on any atom is 0.0851 e. The van der Waals surface area contributed by atoms with Gasteiger partial charge in [0.25, 0.3) is 0 Å². The highest BCUT2D eigenvalue weighted by atomic mass is 16.3. The summed E-state index contributed by atoms with van der Waals surface area (Å²) in [6.45, 7) is 7.78. The van der Waals surface area contributed by atoms with E-state index in [4.69, 9.17) is 5.11 Å². The van der Waals surface area contributed by atoms with Gasteiger partial charge >= 0.3 is 0 Å². The molecule has 2 heteroatoms. The van der Waals surface area contributed by atoms with Gasteiger partial charge in [0.05, 0.1) is 5.76 Å². The van der Waals surface area contributed by atoms with E-state index in [9.17, 15) is 0 Å². The van der Waals surface area contributed by atoms with Crippen molar-refractivity contribution in [2.24, 2.45) is 0 Å². The first kappa shape index (κ1) is 11.8. The number of aliphatic hydroxyl groups is 1. The topological polar surface area (TPSA) is 36.0 Å². The first-order valence-corrected chi connectivity index (χ1v) is 6.02. The van der Waals surface area contributed by atoms with Crippen molar-refractivity contribution in [3.05, 3.63) is 47.4 Å². The molecule has 0 unspecified atom stereocenters. The summed E-state index contributed by atoms with van der Waals surface area (Å²) < 4.78 is 0. The molecule has 2 N–H and O–H groups in total. The molecule has 0 saturated heterocycles. The Morgan fingerprint density at radius 1 is 1.29 bits per heavy atom. The molecule has 2 nitrogen and oxygen atoms in total. The van der Waals surface area contributed by atoms with Crippen molar-refractivity contribution in [2.75, 3.05) is 0 Å². The molecule has 1 aromatic carbocycles. The summed E-state index contributed by atoms with van der Waals surface area (Å²) in [4.78, 5) is 3.35. The van der Waals surface area contributed by atoms with Crippen LogP contribution in [0.5, 0.6) is 0 Å². The van der Waals surface area contributed by atoms with Gasteiger partial charge in [-0.15, -0.1) is 0 Å². The molecule has 0 bridgehead atoms. The van der Waals surface area contributed by atoms with E-state index >= 15 is 0 Å². The van der Waals surface area contributed by atoms with E-state index in [1.165, 1.54) is 27.6 Å². The molecule has 0 radical (unpaired) electrons. The van der Waals surface area contributed by atoms with Crippen molar-refractivity contribution in [1.29, 1.82) is 0 Å². The molecule has 0 aliphatic rings. The molecule has 1 heterocycles. The van der Waals surface area contributed by atoms with E-state index in [0.717, 1.165) is 12.8 Å². The van der Waals surface area contributed by atoms with Crippen LogP contribution >= 0.6 is 0 Å². The molecule has 2 rings (SSSR count). The molecule has 1 aromatic heterocycles. The summed E-state index contributed by atoms with van der Waals surface area (Å²) in [6.07, 6.45) is 4.68.